The molecule has 0 unspecified atom stereocenters. The molecule has 0 saturated heterocycles. The molecule has 0 saturated carbocycles. The van der Waals surface area contributed by atoms with Gasteiger partial charge in [0.05, 0.1) is 0 Å². The van der Waals surface area contributed by atoms with Gasteiger partial charge < -0.3 is 15.5 Å². The normalized spacial score (nSPS) is 10.6. The van der Waals surface area contributed by atoms with Crippen LogP contribution in [0.1, 0.15) is 33.2 Å². The molecule has 0 aliphatic heterocycles. The summed E-state index contributed by atoms with van der Waals surface area (Å²) in [7, 11) is 3.91. The van der Waals surface area contributed by atoms with E-state index in [2.05, 4.69) is 17.6 Å². The van der Waals surface area contributed by atoms with Crippen molar-refractivity contribution in [1.82, 2.24) is 10.2 Å². The Balaban J connectivity index is 1.93. The first-order valence-corrected chi connectivity index (χ1v) is 8.43. The van der Waals surface area contributed by atoms with Crippen molar-refractivity contribution >= 4 is 17.5 Å². The second-order valence-corrected chi connectivity index (χ2v) is 6.14. The third kappa shape index (κ3) is 5.72. The standard InChI is InChI=1S/C20H25N3O2/c1-4-15-5-11-18(12-6-15)22-20(25)17-9-7-16(8-10-17)19(24)21-13-14-23(2)3/h5-12H,4,13-14H2,1-3H3,(H,21,24)(H,22,25). The summed E-state index contributed by atoms with van der Waals surface area (Å²) in [5.74, 6) is -0.326. The number of hydrogen-bond donors (Lipinski definition) is 2. The Labute approximate surface area is 149 Å². The highest BCUT2D eigenvalue weighted by atomic mass is 16.2. The molecule has 0 atom stereocenters. The molecule has 2 rings (SSSR count). The van der Waals surface area contributed by atoms with Crippen LogP contribution < -0.4 is 10.6 Å². The molecule has 0 fully saturated rings. The third-order valence-electron chi connectivity index (χ3n) is 3.87. The molecule has 5 heteroatoms. The summed E-state index contributed by atoms with van der Waals surface area (Å²) in [6.07, 6.45) is 0.965. The predicted octanol–water partition coefficient (Wildman–Crippen LogP) is 2.79. The van der Waals surface area contributed by atoms with E-state index in [1.165, 1.54) is 5.56 Å². The number of nitrogens with one attached hydrogen (secondary N) is 2. The van der Waals surface area contributed by atoms with E-state index >= 15 is 0 Å². The highest BCUT2D eigenvalue weighted by Gasteiger charge is 2.09. The van der Waals surface area contributed by atoms with Gasteiger partial charge in [0.25, 0.3) is 11.8 Å². The van der Waals surface area contributed by atoms with Gasteiger partial charge >= 0.3 is 0 Å². The number of benzene rings is 2. The minimum absolute atomic E-state index is 0.135. The van der Waals surface area contributed by atoms with Gasteiger partial charge in [0.1, 0.15) is 0 Å². The molecule has 0 bridgehead atoms. The minimum atomic E-state index is -0.191. The quantitative estimate of drug-likeness (QED) is 0.815. The van der Waals surface area contributed by atoms with Gasteiger partial charge in [-0.2, -0.15) is 0 Å². The first-order valence-electron chi connectivity index (χ1n) is 8.43. The first-order chi connectivity index (χ1) is 12.0. The van der Waals surface area contributed by atoms with Crippen LogP contribution in [0.3, 0.4) is 0 Å². The number of carbonyl (C=O) groups excluding carboxylic acids is 2. The molecule has 0 aromatic heterocycles. The van der Waals surface area contributed by atoms with Gasteiger partial charge in [0.2, 0.25) is 0 Å². The van der Waals surface area contributed by atoms with Crippen molar-refractivity contribution in [1.29, 1.82) is 0 Å². The number of rotatable bonds is 7. The predicted molar refractivity (Wildman–Crippen MR) is 101 cm³/mol. The second kappa shape index (κ2) is 8.99. The van der Waals surface area contributed by atoms with E-state index in [9.17, 15) is 9.59 Å². The number of amides is 2. The van der Waals surface area contributed by atoms with Crippen molar-refractivity contribution < 1.29 is 9.59 Å². The Kier molecular flexibility index (Phi) is 6.71. The molecule has 2 aromatic rings. The molecule has 0 spiro atoms. The van der Waals surface area contributed by atoms with Crippen molar-refractivity contribution in [3.63, 3.8) is 0 Å². The van der Waals surface area contributed by atoms with Crippen LogP contribution >= 0.6 is 0 Å². The molecule has 0 heterocycles. The van der Waals surface area contributed by atoms with Crippen LogP contribution in [0.5, 0.6) is 0 Å². The summed E-state index contributed by atoms with van der Waals surface area (Å²) in [6.45, 7) is 3.46. The van der Waals surface area contributed by atoms with Gasteiger partial charge in [0, 0.05) is 29.9 Å². The van der Waals surface area contributed by atoms with Gasteiger partial charge in [-0.15, -0.1) is 0 Å². The van der Waals surface area contributed by atoms with Crippen LogP contribution in [0.2, 0.25) is 0 Å². The van der Waals surface area contributed by atoms with E-state index in [0.717, 1.165) is 18.7 Å². The molecule has 0 aliphatic rings. The first kappa shape index (κ1) is 18.7. The Bertz CT molecular complexity index is 707. The van der Waals surface area contributed by atoms with Crippen molar-refractivity contribution in [3.8, 4) is 0 Å². The van der Waals surface area contributed by atoms with E-state index < -0.39 is 0 Å². The van der Waals surface area contributed by atoms with Crippen LogP contribution in [0.15, 0.2) is 48.5 Å². The van der Waals surface area contributed by atoms with E-state index in [0.29, 0.717) is 17.7 Å². The lowest BCUT2D eigenvalue weighted by Gasteiger charge is -2.10. The fourth-order valence-electron chi connectivity index (χ4n) is 2.30. The highest BCUT2D eigenvalue weighted by Crippen LogP contribution is 2.12. The maximum absolute atomic E-state index is 12.3. The van der Waals surface area contributed by atoms with Crippen LogP contribution in [-0.2, 0) is 6.42 Å². The zero-order chi connectivity index (χ0) is 18.2. The lowest BCUT2D eigenvalue weighted by Crippen LogP contribution is -2.31. The monoisotopic (exact) mass is 339 g/mol. The second-order valence-electron chi connectivity index (χ2n) is 6.14. The number of nitrogens with zero attached hydrogens (tertiary/aromatic N) is 1. The molecule has 0 aliphatic carbocycles. The van der Waals surface area contributed by atoms with Gasteiger partial charge in [-0.05, 0) is 62.5 Å². The van der Waals surface area contributed by atoms with Crippen LogP contribution in [0, 0.1) is 0 Å². The lowest BCUT2D eigenvalue weighted by atomic mass is 10.1. The smallest absolute Gasteiger partial charge is 0.255 e. The number of anilines is 1. The van der Waals surface area contributed by atoms with Crippen molar-refractivity contribution in [2.75, 3.05) is 32.5 Å². The van der Waals surface area contributed by atoms with E-state index in [1.54, 1.807) is 24.3 Å². The minimum Gasteiger partial charge on any atom is -0.351 e. The van der Waals surface area contributed by atoms with Gasteiger partial charge in [0.15, 0.2) is 0 Å². The van der Waals surface area contributed by atoms with Crippen molar-refractivity contribution in [2.45, 2.75) is 13.3 Å². The molecule has 25 heavy (non-hydrogen) atoms. The van der Waals surface area contributed by atoms with Crippen molar-refractivity contribution in [3.05, 3.63) is 65.2 Å². The molecule has 5 nitrogen and oxygen atoms in total. The molecule has 2 amide bonds. The summed E-state index contributed by atoms with van der Waals surface area (Å²) >= 11 is 0. The lowest BCUT2D eigenvalue weighted by molar-refractivity contribution is 0.0949. The maximum atomic E-state index is 12.3. The zero-order valence-electron chi connectivity index (χ0n) is 15.0. The van der Waals surface area contributed by atoms with Crippen LogP contribution in [0.4, 0.5) is 5.69 Å². The number of likely N-dealkylation sites (N-methyl/N-ethyl adjacent to an activating group) is 1. The van der Waals surface area contributed by atoms with Gasteiger partial charge in [-0.25, -0.2) is 0 Å². The van der Waals surface area contributed by atoms with Gasteiger partial charge in [-0.1, -0.05) is 19.1 Å². The average molecular weight is 339 g/mol. The molecule has 2 aromatic carbocycles. The molecular formula is C20H25N3O2. The molecule has 0 radical (unpaired) electrons. The van der Waals surface area contributed by atoms with Crippen molar-refractivity contribution in [2.24, 2.45) is 0 Å². The maximum Gasteiger partial charge on any atom is 0.255 e. The third-order valence-corrected chi connectivity index (χ3v) is 3.87. The van der Waals surface area contributed by atoms with E-state index in [4.69, 9.17) is 0 Å². The zero-order valence-corrected chi connectivity index (χ0v) is 15.0. The van der Waals surface area contributed by atoms with E-state index in [1.807, 2.05) is 43.3 Å². The Hall–Kier alpha value is -2.66. The topological polar surface area (TPSA) is 61.4 Å². The SMILES string of the molecule is CCc1ccc(NC(=O)c2ccc(C(=O)NCCN(C)C)cc2)cc1. The van der Waals surface area contributed by atoms with Crippen LogP contribution in [-0.4, -0.2) is 43.9 Å². The van der Waals surface area contributed by atoms with Crippen LogP contribution in [0.25, 0.3) is 0 Å². The number of hydrogen-bond acceptors (Lipinski definition) is 3. The Morgan fingerprint density at radius 1 is 0.880 bits per heavy atom. The summed E-state index contributed by atoms with van der Waals surface area (Å²) in [5, 5.41) is 5.71. The molecular weight excluding hydrogens is 314 g/mol. The number of aryl methyl sites for hydroxylation is 1. The van der Waals surface area contributed by atoms with Gasteiger partial charge in [-0.3, -0.25) is 9.59 Å². The summed E-state index contributed by atoms with van der Waals surface area (Å²) < 4.78 is 0. The average Bonchev–Trinajstić information content (AvgIpc) is 2.62. The summed E-state index contributed by atoms with van der Waals surface area (Å²) in [6, 6.07) is 14.4. The number of carbonyl (C=O) groups is 2. The summed E-state index contributed by atoms with van der Waals surface area (Å²) in [4.78, 5) is 26.3. The highest BCUT2D eigenvalue weighted by molar-refractivity contribution is 6.05. The molecule has 2 N–H and O–H groups in total. The van der Waals surface area contributed by atoms with E-state index in [-0.39, 0.29) is 11.8 Å². The Morgan fingerprint density at radius 3 is 1.96 bits per heavy atom. The summed E-state index contributed by atoms with van der Waals surface area (Å²) in [5.41, 5.74) is 3.04. The fraction of sp³-hybridized carbons (Fsp3) is 0.300. The largest absolute Gasteiger partial charge is 0.351 e. The fourth-order valence-corrected chi connectivity index (χ4v) is 2.30. The molecule has 132 valence electrons. The Morgan fingerprint density at radius 2 is 1.44 bits per heavy atom.